The normalized spacial score (nSPS) is 14.3. The van der Waals surface area contributed by atoms with Crippen LogP contribution in [-0.4, -0.2) is 9.97 Å². The summed E-state index contributed by atoms with van der Waals surface area (Å²) in [5.41, 5.74) is 13.8. The number of aromatic nitrogens is 2. The van der Waals surface area contributed by atoms with Crippen LogP contribution in [-0.2, 0) is 10.8 Å². The number of nitrogens with zero attached hydrogens (tertiary/aromatic N) is 2. The molecule has 2 nitrogen and oxygen atoms in total. The van der Waals surface area contributed by atoms with Crippen molar-refractivity contribution in [2.24, 2.45) is 0 Å². The van der Waals surface area contributed by atoms with E-state index in [-0.39, 0.29) is 10.8 Å². The van der Waals surface area contributed by atoms with Gasteiger partial charge in [-0.1, -0.05) is 173 Å². The van der Waals surface area contributed by atoms with Crippen LogP contribution in [0.1, 0.15) is 49.9 Å². The molecule has 0 saturated heterocycles. The van der Waals surface area contributed by atoms with Crippen molar-refractivity contribution < 1.29 is 0 Å². The lowest BCUT2D eigenvalue weighted by Crippen LogP contribution is -2.36. The first-order valence-corrected chi connectivity index (χ1v) is 23.2. The number of para-hydroxylation sites is 4. The Morgan fingerprint density at radius 2 is 0.439 bits per heavy atom. The molecule has 1 aliphatic rings. The number of hydrogen-bond donors (Lipinski definition) is 0. The Morgan fingerprint density at radius 3 is 0.742 bits per heavy atom. The molecule has 14 rings (SSSR count). The molecular weight excluding hydrogens is 797 g/mol. The van der Waals surface area contributed by atoms with Crippen LogP contribution in [0.3, 0.4) is 0 Å². The fourth-order valence-electron chi connectivity index (χ4n) is 12.3. The molecule has 2 heteroatoms. The van der Waals surface area contributed by atoms with Gasteiger partial charge >= 0.3 is 0 Å². The fourth-order valence-corrected chi connectivity index (χ4v) is 12.3. The van der Waals surface area contributed by atoms with Crippen LogP contribution in [0.5, 0.6) is 0 Å². The van der Waals surface area contributed by atoms with Gasteiger partial charge in [0.2, 0.25) is 0 Å². The van der Waals surface area contributed by atoms with Gasteiger partial charge in [-0.25, -0.2) is 9.97 Å². The predicted octanol–water partition coefficient (Wildman–Crippen LogP) is 17.2. The van der Waals surface area contributed by atoms with Gasteiger partial charge in [0.25, 0.3) is 0 Å². The lowest BCUT2D eigenvalue weighted by atomic mass is 9.59. The standard InChI is InChI=1S/C64H44N2/c1-63(2)51-33-47-39-21-7-5-19-37(39)38-20-6-8-22-40(38)48(47)34-52(51)64(3,4)54-36-50-49(35-53(54)63)59(61-43-25-11-15-29-55(43)65-56-30-16-12-26-44(56)61)41-23-9-10-24-42(41)60(50)62-45-27-13-17-31-57(45)66-58-32-18-14-28-46(58)62/h5-36H,1-4H3. The summed E-state index contributed by atoms with van der Waals surface area (Å²) in [6.45, 7) is 9.85. The van der Waals surface area contributed by atoms with E-state index in [1.165, 1.54) is 98.4 Å². The Bertz CT molecular complexity index is 3900. The van der Waals surface area contributed by atoms with E-state index in [9.17, 15) is 0 Å². The molecule has 66 heavy (non-hydrogen) atoms. The summed E-state index contributed by atoms with van der Waals surface area (Å²) in [5, 5.41) is 17.4. The third-order valence-electron chi connectivity index (χ3n) is 15.4. The third kappa shape index (κ3) is 4.96. The number of pyridine rings is 2. The average molecular weight is 841 g/mol. The molecule has 0 unspecified atom stereocenters. The van der Waals surface area contributed by atoms with Crippen molar-refractivity contribution in [1.82, 2.24) is 9.97 Å². The molecule has 310 valence electrons. The summed E-state index contributed by atoms with van der Waals surface area (Å²) < 4.78 is 0. The van der Waals surface area contributed by atoms with Gasteiger partial charge in [-0.2, -0.15) is 0 Å². The lowest BCUT2D eigenvalue weighted by Gasteiger charge is -2.44. The van der Waals surface area contributed by atoms with Crippen molar-refractivity contribution in [3.63, 3.8) is 0 Å². The lowest BCUT2D eigenvalue weighted by molar-refractivity contribution is 0.523. The summed E-state index contributed by atoms with van der Waals surface area (Å²) in [7, 11) is 0. The highest BCUT2D eigenvalue weighted by atomic mass is 14.7. The summed E-state index contributed by atoms with van der Waals surface area (Å²) >= 11 is 0. The highest BCUT2D eigenvalue weighted by Gasteiger charge is 2.43. The zero-order valence-electron chi connectivity index (χ0n) is 37.4. The first-order valence-electron chi connectivity index (χ1n) is 23.2. The average Bonchev–Trinajstić information content (AvgIpc) is 3.36. The maximum atomic E-state index is 5.25. The number of benzene rings is 11. The van der Waals surface area contributed by atoms with E-state index in [2.05, 4.69) is 222 Å². The van der Waals surface area contributed by atoms with Gasteiger partial charge in [-0.05, 0) is 136 Å². The van der Waals surface area contributed by atoms with Crippen molar-refractivity contribution in [1.29, 1.82) is 0 Å². The molecule has 0 radical (unpaired) electrons. The zero-order valence-corrected chi connectivity index (χ0v) is 37.4. The fraction of sp³-hybridized carbons (Fsp3) is 0.0938. The van der Waals surface area contributed by atoms with Crippen LogP contribution in [0.4, 0.5) is 0 Å². The SMILES string of the molecule is CC1(C)c2cc3c(-c4c5ccccc5nc5ccccc45)c4ccccc4c(-c4c5ccccc5nc5ccccc45)c3cc2C(C)(C)c2cc3c4ccccc4c4ccccc4c3cc21. The summed E-state index contributed by atoms with van der Waals surface area (Å²) in [6, 6.07) is 72.3. The first-order chi connectivity index (χ1) is 32.3. The van der Waals surface area contributed by atoms with E-state index in [1.54, 1.807) is 0 Å². The first kappa shape index (κ1) is 37.4. The second kappa shape index (κ2) is 13.3. The summed E-state index contributed by atoms with van der Waals surface area (Å²) in [4.78, 5) is 10.5. The molecule has 1 aliphatic carbocycles. The van der Waals surface area contributed by atoms with Crippen molar-refractivity contribution in [2.75, 3.05) is 0 Å². The Kier molecular flexibility index (Phi) is 7.55. The Hall–Kier alpha value is -7.94. The van der Waals surface area contributed by atoms with E-state index in [1.807, 2.05) is 0 Å². The molecule has 0 fully saturated rings. The Balaban J connectivity index is 1.20. The van der Waals surface area contributed by atoms with E-state index in [0.717, 1.165) is 43.6 Å². The number of hydrogen-bond acceptors (Lipinski definition) is 2. The molecule has 0 amide bonds. The Labute approximate surface area is 382 Å². The van der Waals surface area contributed by atoms with Crippen molar-refractivity contribution in [3.8, 4) is 22.3 Å². The highest BCUT2D eigenvalue weighted by Crippen LogP contribution is 2.56. The van der Waals surface area contributed by atoms with Crippen LogP contribution in [0.15, 0.2) is 194 Å². The molecule has 11 aromatic carbocycles. The van der Waals surface area contributed by atoms with Crippen LogP contribution in [0.25, 0.3) is 120 Å². The van der Waals surface area contributed by atoms with Gasteiger partial charge in [-0.15, -0.1) is 0 Å². The minimum absolute atomic E-state index is 0.336. The molecule has 2 aromatic heterocycles. The largest absolute Gasteiger partial charge is 0.248 e. The second-order valence-electron chi connectivity index (χ2n) is 19.6. The van der Waals surface area contributed by atoms with Gasteiger partial charge in [-0.3, -0.25) is 0 Å². The van der Waals surface area contributed by atoms with Crippen molar-refractivity contribution in [3.05, 3.63) is 216 Å². The maximum absolute atomic E-state index is 5.25. The summed E-state index contributed by atoms with van der Waals surface area (Å²) in [5.74, 6) is 0. The van der Waals surface area contributed by atoms with E-state index < -0.39 is 0 Å². The predicted molar refractivity (Wildman–Crippen MR) is 281 cm³/mol. The molecule has 0 spiro atoms. The van der Waals surface area contributed by atoms with Gasteiger partial charge in [0.15, 0.2) is 0 Å². The minimum Gasteiger partial charge on any atom is -0.248 e. The minimum atomic E-state index is -0.336. The molecule has 13 aromatic rings. The zero-order chi connectivity index (χ0) is 44.1. The van der Waals surface area contributed by atoms with Crippen molar-refractivity contribution in [2.45, 2.75) is 38.5 Å². The van der Waals surface area contributed by atoms with Gasteiger partial charge in [0.1, 0.15) is 0 Å². The van der Waals surface area contributed by atoms with Gasteiger partial charge in [0.05, 0.1) is 22.1 Å². The van der Waals surface area contributed by atoms with Gasteiger partial charge < -0.3 is 0 Å². The monoisotopic (exact) mass is 840 g/mol. The van der Waals surface area contributed by atoms with Crippen LogP contribution in [0, 0.1) is 0 Å². The molecular formula is C64H44N2. The quantitative estimate of drug-likeness (QED) is 0.128. The maximum Gasteiger partial charge on any atom is 0.0715 e. The van der Waals surface area contributed by atoms with Crippen LogP contribution >= 0.6 is 0 Å². The second-order valence-corrected chi connectivity index (χ2v) is 19.6. The smallest absolute Gasteiger partial charge is 0.0715 e. The molecule has 0 bridgehead atoms. The van der Waals surface area contributed by atoms with Crippen LogP contribution in [0.2, 0.25) is 0 Å². The van der Waals surface area contributed by atoms with E-state index in [0.29, 0.717) is 0 Å². The van der Waals surface area contributed by atoms with Crippen LogP contribution < -0.4 is 0 Å². The molecule has 0 atom stereocenters. The Morgan fingerprint density at radius 1 is 0.227 bits per heavy atom. The molecule has 2 heterocycles. The summed E-state index contributed by atoms with van der Waals surface area (Å²) in [6.07, 6.45) is 0. The highest BCUT2D eigenvalue weighted by molar-refractivity contribution is 6.30. The molecule has 0 aliphatic heterocycles. The van der Waals surface area contributed by atoms with Gasteiger partial charge in [0, 0.05) is 43.5 Å². The molecule has 0 N–H and O–H groups in total. The topological polar surface area (TPSA) is 25.8 Å². The molecule has 0 saturated carbocycles. The number of fused-ring (bicyclic) bond motifs is 14. The van der Waals surface area contributed by atoms with Crippen molar-refractivity contribution >= 4 is 97.5 Å². The van der Waals surface area contributed by atoms with E-state index in [4.69, 9.17) is 9.97 Å². The number of rotatable bonds is 2. The third-order valence-corrected chi connectivity index (χ3v) is 15.4. The van der Waals surface area contributed by atoms with E-state index >= 15 is 0 Å².